The first-order valence-electron chi connectivity index (χ1n) is 7.27. The van der Waals surface area contributed by atoms with Gasteiger partial charge in [-0.3, -0.25) is 9.69 Å². The van der Waals surface area contributed by atoms with Crippen molar-refractivity contribution in [1.82, 2.24) is 10.2 Å². The van der Waals surface area contributed by atoms with Crippen LogP contribution in [0.5, 0.6) is 5.75 Å². The van der Waals surface area contributed by atoms with Gasteiger partial charge >= 0.3 is 0 Å². The number of aromatic hydroxyl groups is 1. The average Bonchev–Trinajstić information content (AvgIpc) is 2.46. The predicted octanol–water partition coefficient (Wildman–Crippen LogP) is 2.08. The van der Waals surface area contributed by atoms with Crippen molar-refractivity contribution < 1.29 is 9.90 Å². The lowest BCUT2D eigenvalue weighted by Crippen LogP contribution is -2.37. The maximum Gasteiger partial charge on any atom is 0.223 e. The van der Waals surface area contributed by atoms with Crippen LogP contribution in [-0.4, -0.2) is 36.6 Å². The molecule has 2 unspecified atom stereocenters. The van der Waals surface area contributed by atoms with Crippen molar-refractivity contribution in [3.63, 3.8) is 0 Å². The first-order valence-corrected chi connectivity index (χ1v) is 7.27. The third-order valence-corrected chi connectivity index (χ3v) is 4.24. The summed E-state index contributed by atoms with van der Waals surface area (Å²) in [6.45, 7) is 2.67. The number of amides is 1. The summed E-state index contributed by atoms with van der Waals surface area (Å²) in [7, 11) is 3.73. The van der Waals surface area contributed by atoms with Gasteiger partial charge < -0.3 is 10.4 Å². The van der Waals surface area contributed by atoms with E-state index in [1.807, 2.05) is 13.0 Å². The molecule has 1 aliphatic rings. The molecule has 0 aliphatic heterocycles. The highest BCUT2D eigenvalue weighted by atomic mass is 16.3. The summed E-state index contributed by atoms with van der Waals surface area (Å²) in [5, 5.41) is 12.7. The van der Waals surface area contributed by atoms with Crippen molar-refractivity contribution in [2.45, 2.75) is 32.2 Å². The summed E-state index contributed by atoms with van der Waals surface area (Å²) in [5.41, 5.74) is 2.28. The van der Waals surface area contributed by atoms with Crippen molar-refractivity contribution in [1.29, 1.82) is 0 Å². The van der Waals surface area contributed by atoms with E-state index in [0.29, 0.717) is 5.75 Å². The van der Waals surface area contributed by atoms with Crippen LogP contribution in [0.2, 0.25) is 0 Å². The molecule has 0 heterocycles. The number of fused-ring (bicyclic) bond motifs is 1. The van der Waals surface area contributed by atoms with Crippen molar-refractivity contribution in [3.8, 4) is 5.75 Å². The largest absolute Gasteiger partial charge is 0.508 e. The fourth-order valence-electron chi connectivity index (χ4n) is 3.15. The normalized spacial score (nSPS) is 19.5. The van der Waals surface area contributed by atoms with Gasteiger partial charge in [-0.1, -0.05) is 19.1 Å². The fourth-order valence-corrected chi connectivity index (χ4v) is 3.15. The topological polar surface area (TPSA) is 52.6 Å². The van der Waals surface area contributed by atoms with E-state index in [-0.39, 0.29) is 17.9 Å². The summed E-state index contributed by atoms with van der Waals surface area (Å²) in [5.74, 6) is 0.441. The first-order chi connectivity index (χ1) is 9.54. The minimum absolute atomic E-state index is 0.0346. The minimum Gasteiger partial charge on any atom is -0.508 e. The van der Waals surface area contributed by atoms with Crippen molar-refractivity contribution in [2.24, 2.45) is 5.92 Å². The molecule has 4 heteroatoms. The molecule has 0 spiro atoms. The first kappa shape index (κ1) is 14.9. The van der Waals surface area contributed by atoms with Gasteiger partial charge in [0.15, 0.2) is 0 Å². The highest BCUT2D eigenvalue weighted by molar-refractivity contribution is 5.78. The van der Waals surface area contributed by atoms with Crippen LogP contribution in [0.25, 0.3) is 0 Å². The molecule has 1 amide bonds. The smallest absolute Gasteiger partial charge is 0.223 e. The molecule has 20 heavy (non-hydrogen) atoms. The van der Waals surface area contributed by atoms with Crippen LogP contribution in [0.15, 0.2) is 18.2 Å². The van der Waals surface area contributed by atoms with E-state index < -0.39 is 0 Å². The molecule has 0 fully saturated rings. The Morgan fingerprint density at radius 1 is 1.55 bits per heavy atom. The molecule has 2 N–H and O–H groups in total. The Morgan fingerprint density at radius 3 is 3.00 bits per heavy atom. The number of phenols is 1. The standard InChI is InChI=1S/C16H24N2O2/c1-11(16(20)17-2)10-18(3)14-8-4-7-13-12(14)6-5-9-15(13)19/h5-6,9,11,14,19H,4,7-8,10H2,1-3H3,(H,17,20). The second kappa shape index (κ2) is 6.27. The number of nitrogens with zero attached hydrogens (tertiary/aromatic N) is 1. The van der Waals surface area contributed by atoms with Crippen LogP contribution in [-0.2, 0) is 11.2 Å². The number of phenolic OH excluding ortho intramolecular Hbond substituents is 1. The van der Waals surface area contributed by atoms with Gasteiger partial charge in [0.25, 0.3) is 0 Å². The third kappa shape index (κ3) is 2.96. The molecule has 1 aromatic carbocycles. The summed E-state index contributed by atoms with van der Waals surface area (Å²) in [4.78, 5) is 13.9. The van der Waals surface area contributed by atoms with Gasteiger partial charge in [0.2, 0.25) is 5.91 Å². The van der Waals surface area contributed by atoms with E-state index in [4.69, 9.17) is 0 Å². The van der Waals surface area contributed by atoms with Gasteiger partial charge in [0.05, 0.1) is 0 Å². The Hall–Kier alpha value is -1.55. The molecule has 2 atom stereocenters. The average molecular weight is 276 g/mol. The van der Waals surface area contributed by atoms with E-state index in [1.165, 1.54) is 5.56 Å². The molecule has 0 aromatic heterocycles. The third-order valence-electron chi connectivity index (χ3n) is 4.24. The summed E-state index contributed by atoms with van der Waals surface area (Å²) >= 11 is 0. The number of benzene rings is 1. The fraction of sp³-hybridized carbons (Fsp3) is 0.562. The highest BCUT2D eigenvalue weighted by Gasteiger charge is 2.27. The number of hydrogen-bond acceptors (Lipinski definition) is 3. The van der Waals surface area contributed by atoms with Crippen molar-refractivity contribution in [2.75, 3.05) is 20.6 Å². The van der Waals surface area contributed by atoms with Crippen molar-refractivity contribution >= 4 is 5.91 Å². The van der Waals surface area contributed by atoms with Crippen LogP contribution in [0, 0.1) is 5.92 Å². The quantitative estimate of drug-likeness (QED) is 0.885. The van der Waals surface area contributed by atoms with E-state index in [1.54, 1.807) is 13.1 Å². The second-order valence-electron chi connectivity index (χ2n) is 5.71. The molecule has 2 rings (SSSR count). The molecule has 0 radical (unpaired) electrons. The zero-order valence-electron chi connectivity index (χ0n) is 12.5. The van der Waals surface area contributed by atoms with Gasteiger partial charge in [0, 0.05) is 25.6 Å². The minimum atomic E-state index is -0.0346. The maximum absolute atomic E-state index is 11.7. The van der Waals surface area contributed by atoms with Crippen molar-refractivity contribution in [3.05, 3.63) is 29.3 Å². The number of nitrogens with one attached hydrogen (secondary N) is 1. The van der Waals surface area contributed by atoms with Crippen LogP contribution < -0.4 is 5.32 Å². The van der Waals surface area contributed by atoms with Gasteiger partial charge in [0.1, 0.15) is 5.75 Å². The lowest BCUT2D eigenvalue weighted by atomic mass is 9.86. The lowest BCUT2D eigenvalue weighted by molar-refractivity contribution is -0.124. The Balaban J connectivity index is 2.15. The molecule has 1 aliphatic carbocycles. The number of rotatable bonds is 4. The van der Waals surface area contributed by atoms with Crippen LogP contribution in [0.1, 0.15) is 36.9 Å². The molecule has 4 nitrogen and oxygen atoms in total. The molecular formula is C16H24N2O2. The Morgan fingerprint density at radius 2 is 2.30 bits per heavy atom. The second-order valence-corrected chi connectivity index (χ2v) is 5.71. The Kier molecular flexibility index (Phi) is 4.65. The molecule has 1 aromatic rings. The molecular weight excluding hydrogens is 252 g/mol. The SMILES string of the molecule is CNC(=O)C(C)CN(C)C1CCCc2c(O)cccc21. The number of carbonyl (C=O) groups is 1. The molecule has 0 saturated heterocycles. The molecule has 110 valence electrons. The zero-order valence-corrected chi connectivity index (χ0v) is 12.5. The molecule has 0 bridgehead atoms. The summed E-state index contributed by atoms with van der Waals surface area (Å²) in [6, 6.07) is 6.05. The predicted molar refractivity (Wildman–Crippen MR) is 79.6 cm³/mol. The Labute approximate surface area is 120 Å². The lowest BCUT2D eigenvalue weighted by Gasteiger charge is -2.34. The van der Waals surface area contributed by atoms with Gasteiger partial charge in [-0.2, -0.15) is 0 Å². The maximum atomic E-state index is 11.7. The zero-order chi connectivity index (χ0) is 14.7. The molecule has 0 saturated carbocycles. The van der Waals surface area contributed by atoms with E-state index in [2.05, 4.69) is 23.3 Å². The van der Waals surface area contributed by atoms with Crippen LogP contribution in [0.3, 0.4) is 0 Å². The van der Waals surface area contributed by atoms with E-state index in [9.17, 15) is 9.90 Å². The van der Waals surface area contributed by atoms with E-state index in [0.717, 1.165) is 31.4 Å². The van der Waals surface area contributed by atoms with E-state index >= 15 is 0 Å². The number of carbonyl (C=O) groups excluding carboxylic acids is 1. The highest BCUT2D eigenvalue weighted by Crippen LogP contribution is 2.37. The Bertz CT molecular complexity index is 487. The number of hydrogen-bond donors (Lipinski definition) is 2. The van der Waals surface area contributed by atoms with Gasteiger partial charge in [-0.25, -0.2) is 0 Å². The van der Waals surface area contributed by atoms with Crippen LogP contribution in [0.4, 0.5) is 0 Å². The summed E-state index contributed by atoms with van der Waals surface area (Å²) in [6.07, 6.45) is 3.10. The van der Waals surface area contributed by atoms with Gasteiger partial charge in [-0.05, 0) is 43.5 Å². The van der Waals surface area contributed by atoms with Crippen LogP contribution >= 0.6 is 0 Å². The monoisotopic (exact) mass is 276 g/mol. The van der Waals surface area contributed by atoms with Gasteiger partial charge in [-0.15, -0.1) is 0 Å². The summed E-state index contributed by atoms with van der Waals surface area (Å²) < 4.78 is 0.